The predicted octanol–water partition coefficient (Wildman–Crippen LogP) is 2.62. The van der Waals surface area contributed by atoms with Crippen LogP contribution in [0.1, 0.15) is 30.9 Å². The van der Waals surface area contributed by atoms with Gasteiger partial charge in [-0.25, -0.2) is 13.5 Å². The van der Waals surface area contributed by atoms with E-state index in [2.05, 4.69) is 15.7 Å². The van der Waals surface area contributed by atoms with Gasteiger partial charge in [0, 0.05) is 30.0 Å². The van der Waals surface area contributed by atoms with Crippen molar-refractivity contribution in [3.63, 3.8) is 0 Å². The number of carbonyl (C=O) groups is 2. The fourth-order valence-electron chi connectivity index (χ4n) is 2.90. The number of benzene rings is 1. The third kappa shape index (κ3) is 4.69. The van der Waals surface area contributed by atoms with Gasteiger partial charge in [-0.3, -0.25) is 9.59 Å². The van der Waals surface area contributed by atoms with Crippen molar-refractivity contribution in [2.45, 2.75) is 33.2 Å². The van der Waals surface area contributed by atoms with E-state index in [9.17, 15) is 18.4 Å². The van der Waals surface area contributed by atoms with Crippen molar-refractivity contribution in [3.8, 4) is 0 Å². The second-order valence-electron chi connectivity index (χ2n) is 6.98. The van der Waals surface area contributed by atoms with E-state index in [1.165, 1.54) is 4.68 Å². The summed E-state index contributed by atoms with van der Waals surface area (Å²) in [5.41, 5.74) is 0.843. The normalized spacial score (nSPS) is 18.2. The summed E-state index contributed by atoms with van der Waals surface area (Å²) in [4.78, 5) is 23.9. The highest BCUT2D eigenvalue weighted by Gasteiger charge is 2.38. The average molecular weight is 376 g/mol. The smallest absolute Gasteiger partial charge is 0.227 e. The lowest BCUT2D eigenvalue weighted by Crippen LogP contribution is -2.29. The molecule has 0 spiro atoms. The van der Waals surface area contributed by atoms with Crippen LogP contribution in [0.4, 0.5) is 14.6 Å². The molecule has 3 rings (SSSR count). The third-order valence-corrected chi connectivity index (χ3v) is 4.71. The lowest BCUT2D eigenvalue weighted by atomic mass is 10.2. The summed E-state index contributed by atoms with van der Waals surface area (Å²) < 4.78 is 28.6. The first-order valence-corrected chi connectivity index (χ1v) is 8.89. The number of aryl methyl sites for hydroxylation is 1. The van der Waals surface area contributed by atoms with Gasteiger partial charge in [-0.2, -0.15) is 5.10 Å². The van der Waals surface area contributed by atoms with Crippen LogP contribution in [-0.4, -0.2) is 28.1 Å². The molecule has 1 saturated carbocycles. The van der Waals surface area contributed by atoms with Crippen LogP contribution in [0.25, 0.3) is 0 Å². The number of halogens is 2. The summed E-state index contributed by atoms with van der Waals surface area (Å²) >= 11 is 0. The van der Waals surface area contributed by atoms with Gasteiger partial charge in [0.15, 0.2) is 0 Å². The summed E-state index contributed by atoms with van der Waals surface area (Å²) in [6, 6.07) is 3.21. The number of hydrogen-bond donors (Lipinski definition) is 2. The standard InChI is InChI=1S/C19H22F2N4O2/c1-11-7-15(11)19(27)22-6-5-17(26)24-18-12(2)9-23-25(18)10-13-8-14(20)3-4-16(13)21/h3-4,8-9,11,15H,5-7,10H2,1-2H3,(H,22,27)(H,24,26)/t11-,15-/m0/s1. The lowest BCUT2D eigenvalue weighted by Gasteiger charge is -2.11. The number of nitrogens with zero attached hydrogens (tertiary/aromatic N) is 2. The van der Waals surface area contributed by atoms with Crippen molar-refractivity contribution >= 4 is 17.6 Å². The minimum atomic E-state index is -0.543. The zero-order valence-corrected chi connectivity index (χ0v) is 15.3. The van der Waals surface area contributed by atoms with Gasteiger partial charge in [-0.15, -0.1) is 0 Å². The molecule has 2 N–H and O–H groups in total. The Kier molecular flexibility index (Phi) is 5.53. The van der Waals surface area contributed by atoms with Gasteiger partial charge in [-0.05, 0) is 37.5 Å². The summed E-state index contributed by atoms with van der Waals surface area (Å²) in [6.45, 7) is 4.02. The second-order valence-corrected chi connectivity index (χ2v) is 6.98. The quantitative estimate of drug-likeness (QED) is 0.780. The van der Waals surface area contributed by atoms with Gasteiger partial charge in [-0.1, -0.05) is 6.92 Å². The molecule has 144 valence electrons. The van der Waals surface area contributed by atoms with E-state index < -0.39 is 11.6 Å². The Bertz CT molecular complexity index is 865. The molecule has 1 aromatic carbocycles. The molecule has 1 fully saturated rings. The van der Waals surface area contributed by atoms with Crippen LogP contribution in [0.5, 0.6) is 0 Å². The Hall–Kier alpha value is -2.77. The minimum Gasteiger partial charge on any atom is -0.355 e. The zero-order chi connectivity index (χ0) is 19.6. The molecule has 0 aliphatic heterocycles. The molecule has 0 bridgehead atoms. The van der Waals surface area contributed by atoms with E-state index in [-0.39, 0.29) is 42.8 Å². The molecule has 2 atom stereocenters. The molecule has 1 heterocycles. The van der Waals surface area contributed by atoms with E-state index >= 15 is 0 Å². The first kappa shape index (κ1) is 19.0. The summed E-state index contributed by atoms with van der Waals surface area (Å²) in [6.07, 6.45) is 2.56. The fourth-order valence-corrected chi connectivity index (χ4v) is 2.90. The highest BCUT2D eigenvalue weighted by Crippen LogP contribution is 2.37. The van der Waals surface area contributed by atoms with E-state index in [1.54, 1.807) is 13.1 Å². The molecular formula is C19H22F2N4O2. The van der Waals surface area contributed by atoms with Crippen LogP contribution in [0.2, 0.25) is 0 Å². The molecule has 0 radical (unpaired) electrons. The summed E-state index contributed by atoms with van der Waals surface area (Å²) in [7, 11) is 0. The predicted molar refractivity (Wildman–Crippen MR) is 96.0 cm³/mol. The van der Waals surface area contributed by atoms with Gasteiger partial charge in [0.25, 0.3) is 0 Å². The molecule has 8 heteroatoms. The maximum Gasteiger partial charge on any atom is 0.227 e. The molecule has 1 aliphatic rings. The number of nitrogens with one attached hydrogen (secondary N) is 2. The molecule has 6 nitrogen and oxygen atoms in total. The highest BCUT2D eigenvalue weighted by atomic mass is 19.1. The molecule has 1 aliphatic carbocycles. The van der Waals surface area contributed by atoms with Crippen LogP contribution in [-0.2, 0) is 16.1 Å². The number of amides is 2. The summed E-state index contributed by atoms with van der Waals surface area (Å²) in [5, 5.41) is 9.62. The first-order chi connectivity index (χ1) is 12.8. The number of anilines is 1. The van der Waals surface area contributed by atoms with Gasteiger partial charge >= 0.3 is 0 Å². The Labute approximate surface area is 155 Å². The van der Waals surface area contributed by atoms with Gasteiger partial charge in [0.1, 0.15) is 17.5 Å². The van der Waals surface area contributed by atoms with Gasteiger partial charge < -0.3 is 10.6 Å². The van der Waals surface area contributed by atoms with E-state index in [4.69, 9.17) is 0 Å². The number of rotatable bonds is 7. The van der Waals surface area contributed by atoms with Crippen molar-refractivity contribution in [2.75, 3.05) is 11.9 Å². The Balaban J connectivity index is 1.58. The van der Waals surface area contributed by atoms with Gasteiger partial charge in [0.05, 0.1) is 12.7 Å². The lowest BCUT2D eigenvalue weighted by molar-refractivity contribution is -0.122. The van der Waals surface area contributed by atoms with Crippen LogP contribution in [0, 0.1) is 30.4 Å². The van der Waals surface area contributed by atoms with E-state index in [0.717, 1.165) is 24.6 Å². The molecule has 0 saturated heterocycles. The van der Waals surface area contributed by atoms with Crippen LogP contribution >= 0.6 is 0 Å². The van der Waals surface area contributed by atoms with Crippen molar-refractivity contribution in [2.24, 2.45) is 11.8 Å². The highest BCUT2D eigenvalue weighted by molar-refractivity contribution is 5.91. The largest absolute Gasteiger partial charge is 0.355 e. The molecule has 2 amide bonds. The SMILES string of the molecule is Cc1cnn(Cc2cc(F)ccc2F)c1NC(=O)CCNC(=O)[C@H]1C[C@@H]1C. The van der Waals surface area contributed by atoms with Crippen molar-refractivity contribution in [1.29, 1.82) is 0 Å². The van der Waals surface area contributed by atoms with E-state index in [1.807, 2.05) is 6.92 Å². The van der Waals surface area contributed by atoms with Crippen molar-refractivity contribution in [1.82, 2.24) is 15.1 Å². The second kappa shape index (κ2) is 7.85. The Morgan fingerprint density at radius 1 is 1.33 bits per heavy atom. The minimum absolute atomic E-state index is 0.0106. The Morgan fingerprint density at radius 3 is 2.78 bits per heavy atom. The third-order valence-electron chi connectivity index (χ3n) is 4.71. The first-order valence-electron chi connectivity index (χ1n) is 8.89. The van der Waals surface area contributed by atoms with Crippen LogP contribution in [0.3, 0.4) is 0 Å². The van der Waals surface area contributed by atoms with Crippen molar-refractivity contribution in [3.05, 3.63) is 47.2 Å². The molecule has 27 heavy (non-hydrogen) atoms. The monoisotopic (exact) mass is 376 g/mol. The average Bonchev–Trinajstić information content (AvgIpc) is 3.27. The topological polar surface area (TPSA) is 76.0 Å². The van der Waals surface area contributed by atoms with Crippen LogP contribution in [0.15, 0.2) is 24.4 Å². The molecule has 0 unspecified atom stereocenters. The number of carbonyl (C=O) groups excluding carboxylic acids is 2. The fraction of sp³-hybridized carbons (Fsp3) is 0.421. The molecular weight excluding hydrogens is 354 g/mol. The Morgan fingerprint density at radius 2 is 2.07 bits per heavy atom. The maximum absolute atomic E-state index is 13.9. The zero-order valence-electron chi connectivity index (χ0n) is 15.3. The molecule has 1 aromatic heterocycles. The number of aromatic nitrogens is 2. The maximum atomic E-state index is 13.9. The van der Waals surface area contributed by atoms with E-state index in [0.29, 0.717) is 17.3 Å². The van der Waals surface area contributed by atoms with Gasteiger partial charge in [0.2, 0.25) is 11.8 Å². The van der Waals surface area contributed by atoms with Crippen LogP contribution < -0.4 is 10.6 Å². The number of hydrogen-bond acceptors (Lipinski definition) is 3. The summed E-state index contributed by atoms with van der Waals surface area (Å²) in [5.74, 6) is -0.481. The molecule has 2 aromatic rings. The van der Waals surface area contributed by atoms with Crippen molar-refractivity contribution < 1.29 is 18.4 Å².